The number of nitrogens with two attached hydrogens (primary N) is 1. The van der Waals surface area contributed by atoms with Crippen LogP contribution in [0.2, 0.25) is 0 Å². The van der Waals surface area contributed by atoms with Gasteiger partial charge in [0.1, 0.15) is 23.8 Å². The smallest absolute Gasteiger partial charge is 0.311 e. The maximum atomic E-state index is 12.7. The van der Waals surface area contributed by atoms with Crippen molar-refractivity contribution in [2.45, 2.75) is 56.9 Å². The summed E-state index contributed by atoms with van der Waals surface area (Å²) >= 11 is 0. The molecule has 0 spiro atoms. The molecule has 30 heteroatoms. The summed E-state index contributed by atoms with van der Waals surface area (Å²) in [6, 6.07) is 0.134. The standard InChI is InChI=1S/C24H35N10O16P3S/c1-11-6-12(11)27-24-29-19-15(21(38)31-24)32(2)9-33(19)4-3-5-54(45,46)10-51(39,40)49-53(43,44)50-52(41,42)47-7-13-16(35)17(36)22(48-13)34-8-26-14-18(34)28-23(25)30-20(14)37/h8-9,11-13,16-17,22,35-36H,3-7,10H2,1-2H3,(H7-,25,27,28,29,30,31,37,38,39,40,41,42,43,44)/p-2/t11?,12-,13?,16?,17?,22?/m0/s1. The highest BCUT2D eigenvalue weighted by atomic mass is 32.2. The number of fused-ring (bicyclic) bond motifs is 2. The first-order valence-corrected chi connectivity index (χ1v) is 22.2. The number of aromatic amines is 2. The normalized spacial score (nSPS) is 26.4. The van der Waals surface area contributed by atoms with Gasteiger partial charge in [-0.3, -0.25) is 42.1 Å². The van der Waals surface area contributed by atoms with Gasteiger partial charge in [0.2, 0.25) is 11.5 Å². The molecule has 5 heterocycles. The molecule has 2 aliphatic rings. The summed E-state index contributed by atoms with van der Waals surface area (Å²) in [4.78, 5) is 78.6. The molecule has 4 aromatic heterocycles. The topological polar surface area (TPSA) is 388 Å². The molecular weight excluding hydrogens is 809 g/mol. The van der Waals surface area contributed by atoms with E-state index in [2.05, 4.69) is 43.4 Å². The maximum Gasteiger partial charge on any atom is 0.311 e. The molecule has 1 aliphatic heterocycles. The fourth-order valence-electron chi connectivity index (χ4n) is 5.71. The van der Waals surface area contributed by atoms with E-state index in [1.54, 1.807) is 7.05 Å². The highest BCUT2D eigenvalue weighted by Crippen LogP contribution is 2.63. The third-order valence-electron chi connectivity index (χ3n) is 8.34. The number of H-pyrrole nitrogens is 2. The van der Waals surface area contributed by atoms with Gasteiger partial charge in [-0.1, -0.05) is 11.9 Å². The summed E-state index contributed by atoms with van der Waals surface area (Å²) < 4.78 is 83.7. The molecule has 0 bridgehead atoms. The lowest BCUT2D eigenvalue weighted by molar-refractivity contribution is -0.673. The Morgan fingerprint density at radius 1 is 1.11 bits per heavy atom. The second kappa shape index (κ2) is 14.6. The van der Waals surface area contributed by atoms with E-state index in [0.717, 1.165) is 17.3 Å². The van der Waals surface area contributed by atoms with Gasteiger partial charge in [0.25, 0.3) is 32.7 Å². The number of nitrogens with one attached hydrogen (secondary N) is 3. The third kappa shape index (κ3) is 8.99. The number of hydrogen-bond donors (Lipinski definition) is 6. The number of aromatic nitrogens is 8. The Labute approximate surface area is 302 Å². The molecule has 298 valence electrons. The molecule has 4 aromatic rings. The van der Waals surface area contributed by atoms with E-state index in [0.29, 0.717) is 5.92 Å². The lowest BCUT2D eigenvalue weighted by atomic mass is 10.1. The van der Waals surface area contributed by atoms with E-state index >= 15 is 0 Å². The highest BCUT2D eigenvalue weighted by Gasteiger charge is 2.45. The number of rotatable bonds is 16. The van der Waals surface area contributed by atoms with Gasteiger partial charge in [-0.2, -0.15) is 4.98 Å². The van der Waals surface area contributed by atoms with Crippen LogP contribution in [0.4, 0.5) is 11.9 Å². The zero-order chi connectivity index (χ0) is 39.5. The van der Waals surface area contributed by atoms with Crippen molar-refractivity contribution in [1.82, 2.24) is 34.1 Å². The number of nitrogen functional groups attached to an aromatic ring is 1. The fraction of sp³-hybridized carbons (Fsp3) is 0.583. The number of sulfone groups is 1. The Morgan fingerprint density at radius 2 is 1.81 bits per heavy atom. The summed E-state index contributed by atoms with van der Waals surface area (Å²) in [6.45, 7) is 0.760. The van der Waals surface area contributed by atoms with E-state index in [4.69, 9.17) is 10.5 Å². The molecule has 1 saturated carbocycles. The van der Waals surface area contributed by atoms with Crippen molar-refractivity contribution >= 4 is 67.3 Å². The van der Waals surface area contributed by atoms with E-state index in [9.17, 15) is 56.6 Å². The molecule has 0 radical (unpaired) electrons. The zero-order valence-corrected chi connectivity index (χ0v) is 31.5. The number of nitrogens with zero attached hydrogens (tertiary/aromatic N) is 6. The fourth-order valence-corrected chi connectivity index (χ4v) is 12.4. The van der Waals surface area contributed by atoms with Crippen LogP contribution in [-0.2, 0) is 55.0 Å². The SMILES string of the molecule is CC1C[C@@H]1Nc1nc2c(c(=O)[nH]1)n(C)c[n+]2CCCS(=O)(=O)CP(=O)([O-])OP(=O)([O-])OP(=O)([O-])OCC1OC(n2cnc3c(=O)[nH]c(N)nc32)C(O)C1O. The van der Waals surface area contributed by atoms with Crippen molar-refractivity contribution in [2.75, 3.05) is 28.9 Å². The first kappa shape index (κ1) is 40.2. The van der Waals surface area contributed by atoms with Gasteiger partial charge < -0.3 is 49.8 Å². The monoisotopic (exact) mass is 842 g/mol. The van der Waals surface area contributed by atoms with E-state index in [1.165, 1.54) is 15.5 Å². The van der Waals surface area contributed by atoms with Gasteiger partial charge in [0, 0.05) is 6.04 Å². The number of phosphoric ester groups is 1. The number of aliphatic hydroxyl groups excluding tert-OH is 2. The molecule has 0 aromatic carbocycles. The average molecular weight is 843 g/mol. The van der Waals surface area contributed by atoms with Gasteiger partial charge in [0.15, 0.2) is 41.2 Å². The quantitative estimate of drug-likeness (QED) is 0.0462. The maximum absolute atomic E-state index is 12.7. The van der Waals surface area contributed by atoms with Crippen LogP contribution in [0.25, 0.3) is 22.3 Å². The number of aliphatic hydroxyl groups is 2. The molecule has 26 nitrogen and oxygen atoms in total. The van der Waals surface area contributed by atoms with Crippen molar-refractivity contribution in [3.63, 3.8) is 0 Å². The van der Waals surface area contributed by atoms with Gasteiger partial charge in [-0.15, -0.1) is 0 Å². The Balaban J connectivity index is 1.02. The molecule has 2 fully saturated rings. The molecule has 54 heavy (non-hydrogen) atoms. The number of anilines is 2. The van der Waals surface area contributed by atoms with Crippen LogP contribution in [-0.4, -0.2) is 94.9 Å². The Kier molecular flexibility index (Phi) is 10.9. The van der Waals surface area contributed by atoms with E-state index in [-0.39, 0.29) is 53.2 Å². The molecule has 0 amide bonds. The number of phosphoric acid groups is 2. The molecule has 9 atom stereocenters. The lowest BCUT2D eigenvalue weighted by Gasteiger charge is -2.35. The summed E-state index contributed by atoms with van der Waals surface area (Å²) in [5.74, 6) is -0.521. The first-order chi connectivity index (χ1) is 25.0. The number of aryl methyl sites for hydroxylation is 2. The second-order valence-electron chi connectivity index (χ2n) is 12.7. The first-order valence-electron chi connectivity index (χ1n) is 15.7. The van der Waals surface area contributed by atoms with Crippen LogP contribution in [0, 0.1) is 5.92 Å². The predicted octanol–water partition coefficient (Wildman–Crippen LogP) is -3.99. The van der Waals surface area contributed by atoms with Gasteiger partial charge in [0.05, 0.1) is 32.3 Å². The Hall–Kier alpha value is -3.42. The van der Waals surface area contributed by atoms with Crippen LogP contribution < -0.4 is 41.4 Å². The van der Waals surface area contributed by atoms with Crippen molar-refractivity contribution in [1.29, 1.82) is 0 Å². The lowest BCUT2D eigenvalue weighted by Crippen LogP contribution is -2.35. The number of imidazole rings is 2. The van der Waals surface area contributed by atoms with Crippen molar-refractivity contribution in [3.8, 4) is 0 Å². The van der Waals surface area contributed by atoms with Gasteiger partial charge in [-0.05, 0) is 18.8 Å². The van der Waals surface area contributed by atoms with Crippen LogP contribution in [0.5, 0.6) is 0 Å². The van der Waals surface area contributed by atoms with Gasteiger partial charge >= 0.3 is 5.65 Å². The Morgan fingerprint density at radius 3 is 2.50 bits per heavy atom. The van der Waals surface area contributed by atoms with Gasteiger partial charge in [-0.25, -0.2) is 22.3 Å². The highest BCUT2D eigenvalue weighted by molar-refractivity contribution is 7.97. The summed E-state index contributed by atoms with van der Waals surface area (Å²) in [5, 5.41) is 24.0. The van der Waals surface area contributed by atoms with Crippen LogP contribution in [0.3, 0.4) is 0 Å². The third-order valence-corrected chi connectivity index (χ3v) is 15.9. The van der Waals surface area contributed by atoms with Crippen LogP contribution >= 0.6 is 23.2 Å². The predicted molar refractivity (Wildman–Crippen MR) is 175 cm³/mol. The van der Waals surface area contributed by atoms with Crippen molar-refractivity contribution in [3.05, 3.63) is 33.4 Å². The minimum atomic E-state index is -6.38. The molecular formula is C24H33N10O16P3S-2. The number of hydrogen-bond acceptors (Lipinski definition) is 21. The summed E-state index contributed by atoms with van der Waals surface area (Å²) in [5.41, 5.74) is 2.50. The van der Waals surface area contributed by atoms with Crippen molar-refractivity contribution < 1.29 is 69.5 Å². The minimum Gasteiger partial charge on any atom is -0.778 e. The Bertz CT molecular complexity index is 2470. The van der Waals surface area contributed by atoms with Crippen LogP contribution in [0.1, 0.15) is 26.0 Å². The summed E-state index contributed by atoms with van der Waals surface area (Å²) in [6.07, 6.45) is -3.73. The zero-order valence-electron chi connectivity index (χ0n) is 28.0. The molecule has 8 unspecified atom stereocenters. The van der Waals surface area contributed by atoms with Crippen molar-refractivity contribution in [2.24, 2.45) is 13.0 Å². The van der Waals surface area contributed by atoms with E-state index < -0.39 is 86.6 Å². The van der Waals surface area contributed by atoms with Crippen LogP contribution in [0.15, 0.2) is 22.2 Å². The molecule has 1 aliphatic carbocycles. The number of ether oxygens (including phenoxy) is 1. The minimum absolute atomic E-state index is 0.0579. The summed E-state index contributed by atoms with van der Waals surface area (Å²) in [7, 11) is -21.3. The molecule has 1 saturated heterocycles. The second-order valence-corrected chi connectivity index (χ2v) is 20.2. The van der Waals surface area contributed by atoms with E-state index in [1.807, 2.05) is 6.92 Å². The molecule has 7 N–H and O–H groups in total. The largest absolute Gasteiger partial charge is 0.778 e. The molecule has 6 rings (SSSR count). The average Bonchev–Trinajstić information content (AvgIpc) is 3.28.